The smallest absolute Gasteiger partial charge is 0.401 e. The molecule has 4 aromatic rings. The van der Waals surface area contributed by atoms with E-state index >= 15 is 0 Å². The SMILES string of the molecule is O=C(Cc1ccc(-c2cnc(Cc3ccn4c3OCC4)nc2)cc1)Nc1cc(C2(C(F)(F)F)CC2)on1. The van der Waals surface area contributed by atoms with Gasteiger partial charge < -0.3 is 19.1 Å². The second kappa shape index (κ2) is 8.75. The Morgan fingerprint density at radius 1 is 1.08 bits per heavy atom. The van der Waals surface area contributed by atoms with E-state index < -0.39 is 17.5 Å². The largest absolute Gasteiger partial charge is 0.477 e. The van der Waals surface area contributed by atoms with Gasteiger partial charge in [0.05, 0.1) is 13.0 Å². The summed E-state index contributed by atoms with van der Waals surface area (Å²) in [5.41, 5.74) is 1.55. The Labute approximate surface area is 209 Å². The van der Waals surface area contributed by atoms with Gasteiger partial charge in [0.15, 0.2) is 17.5 Å². The summed E-state index contributed by atoms with van der Waals surface area (Å²) in [6.07, 6.45) is 1.67. The minimum Gasteiger partial charge on any atom is -0.477 e. The number of alkyl halides is 3. The third-order valence-corrected chi connectivity index (χ3v) is 6.81. The van der Waals surface area contributed by atoms with Gasteiger partial charge >= 0.3 is 6.18 Å². The lowest BCUT2D eigenvalue weighted by molar-refractivity contribution is -0.165. The fourth-order valence-corrected chi connectivity index (χ4v) is 4.54. The van der Waals surface area contributed by atoms with E-state index in [0.717, 1.165) is 40.7 Å². The molecule has 0 radical (unpaired) electrons. The first kappa shape index (κ1) is 23.3. The van der Waals surface area contributed by atoms with Crippen LogP contribution in [0.3, 0.4) is 0 Å². The molecule has 37 heavy (non-hydrogen) atoms. The Hall–Kier alpha value is -4.15. The number of ether oxygens (including phenoxy) is 1. The lowest BCUT2D eigenvalue weighted by Gasteiger charge is -2.14. The zero-order valence-corrected chi connectivity index (χ0v) is 19.6. The minimum absolute atomic E-state index is 0.0266. The summed E-state index contributed by atoms with van der Waals surface area (Å²) in [6, 6.07) is 10.5. The van der Waals surface area contributed by atoms with Crippen molar-refractivity contribution in [1.29, 1.82) is 0 Å². The Morgan fingerprint density at radius 3 is 2.54 bits per heavy atom. The Bertz CT molecular complexity index is 1440. The molecule has 0 unspecified atom stereocenters. The van der Waals surface area contributed by atoms with Crippen LogP contribution < -0.4 is 10.1 Å². The molecule has 0 spiro atoms. The van der Waals surface area contributed by atoms with Crippen molar-refractivity contribution in [3.8, 4) is 17.0 Å². The van der Waals surface area contributed by atoms with Gasteiger partial charge in [-0.25, -0.2) is 9.97 Å². The van der Waals surface area contributed by atoms with Crippen molar-refractivity contribution in [3.63, 3.8) is 0 Å². The molecule has 0 bridgehead atoms. The average molecular weight is 509 g/mol. The quantitative estimate of drug-likeness (QED) is 0.388. The van der Waals surface area contributed by atoms with E-state index in [0.29, 0.717) is 18.9 Å². The second-order valence-electron chi connectivity index (χ2n) is 9.33. The highest BCUT2D eigenvalue weighted by atomic mass is 19.4. The molecule has 0 atom stereocenters. The first-order valence-electron chi connectivity index (χ1n) is 11.9. The van der Waals surface area contributed by atoms with Gasteiger partial charge in [-0.2, -0.15) is 13.2 Å². The highest BCUT2D eigenvalue weighted by molar-refractivity contribution is 5.91. The summed E-state index contributed by atoms with van der Waals surface area (Å²) in [5, 5.41) is 6.10. The van der Waals surface area contributed by atoms with Crippen molar-refractivity contribution in [2.45, 2.75) is 43.8 Å². The summed E-state index contributed by atoms with van der Waals surface area (Å²) in [7, 11) is 0. The standard InChI is InChI=1S/C26H22F3N5O3/c27-26(28,29)25(6-7-25)20-13-22(33-37-20)32-23(35)11-16-1-3-17(4-2-16)19-14-30-21(31-15-19)12-18-5-8-34-9-10-36-24(18)34/h1-5,8,13-15H,6-7,9-12H2,(H,32,33,35). The number of halogens is 3. The number of hydrogen-bond donors (Lipinski definition) is 1. The number of benzene rings is 1. The Balaban J connectivity index is 1.06. The van der Waals surface area contributed by atoms with Crippen LogP contribution in [0.1, 0.15) is 35.6 Å². The van der Waals surface area contributed by atoms with Gasteiger partial charge in [0.25, 0.3) is 0 Å². The van der Waals surface area contributed by atoms with Crippen LogP contribution >= 0.6 is 0 Å². The lowest BCUT2D eigenvalue weighted by atomic mass is 10.0. The van der Waals surface area contributed by atoms with E-state index in [-0.39, 0.29) is 30.8 Å². The van der Waals surface area contributed by atoms with Crippen LogP contribution in [0.2, 0.25) is 0 Å². The number of carbonyl (C=O) groups excluding carboxylic acids is 1. The number of hydrogen-bond acceptors (Lipinski definition) is 6. The number of rotatable bonds is 7. The minimum atomic E-state index is -4.40. The maximum Gasteiger partial charge on any atom is 0.401 e. The summed E-state index contributed by atoms with van der Waals surface area (Å²) < 4.78 is 52.4. The van der Waals surface area contributed by atoms with Crippen molar-refractivity contribution in [1.82, 2.24) is 19.7 Å². The first-order valence-corrected chi connectivity index (χ1v) is 11.9. The maximum absolute atomic E-state index is 13.2. The van der Waals surface area contributed by atoms with Gasteiger partial charge in [-0.3, -0.25) is 4.79 Å². The van der Waals surface area contributed by atoms with Crippen LogP contribution in [0.4, 0.5) is 19.0 Å². The van der Waals surface area contributed by atoms with E-state index in [1.165, 1.54) is 0 Å². The molecule has 1 N–H and O–H groups in total. The van der Waals surface area contributed by atoms with Crippen molar-refractivity contribution >= 4 is 11.7 Å². The number of aromatic nitrogens is 4. The molecule has 8 nitrogen and oxygen atoms in total. The molecule has 1 amide bonds. The van der Waals surface area contributed by atoms with Crippen molar-refractivity contribution in [3.05, 3.63) is 77.7 Å². The Morgan fingerprint density at radius 2 is 1.84 bits per heavy atom. The second-order valence-corrected chi connectivity index (χ2v) is 9.33. The fraction of sp³-hybridized carbons (Fsp3) is 0.308. The molecular weight excluding hydrogens is 487 g/mol. The van der Waals surface area contributed by atoms with Crippen LogP contribution in [0.25, 0.3) is 11.1 Å². The van der Waals surface area contributed by atoms with Gasteiger partial charge in [-0.05, 0) is 30.0 Å². The third-order valence-electron chi connectivity index (χ3n) is 6.81. The summed E-state index contributed by atoms with van der Waals surface area (Å²) in [6.45, 7) is 1.54. The lowest BCUT2D eigenvalue weighted by Crippen LogP contribution is -2.28. The summed E-state index contributed by atoms with van der Waals surface area (Å²) in [4.78, 5) is 21.4. The van der Waals surface area contributed by atoms with Crippen LogP contribution in [0.15, 0.2) is 59.5 Å². The van der Waals surface area contributed by atoms with Crippen molar-refractivity contribution < 1.29 is 27.2 Å². The van der Waals surface area contributed by atoms with Crippen molar-refractivity contribution in [2.75, 3.05) is 11.9 Å². The zero-order valence-electron chi connectivity index (χ0n) is 19.6. The molecular formula is C26H22F3N5O3. The van der Waals surface area contributed by atoms with Gasteiger partial charge in [-0.1, -0.05) is 29.4 Å². The molecule has 4 heterocycles. The van der Waals surface area contributed by atoms with E-state index in [2.05, 4.69) is 25.0 Å². The number of nitrogens with zero attached hydrogens (tertiary/aromatic N) is 4. The molecule has 1 aliphatic heterocycles. The highest BCUT2D eigenvalue weighted by Gasteiger charge is 2.66. The molecule has 1 aliphatic carbocycles. The monoisotopic (exact) mass is 509 g/mol. The number of fused-ring (bicyclic) bond motifs is 1. The predicted octanol–water partition coefficient (Wildman–Crippen LogP) is 4.69. The van der Waals surface area contributed by atoms with E-state index in [1.807, 2.05) is 36.5 Å². The predicted molar refractivity (Wildman–Crippen MR) is 126 cm³/mol. The molecule has 11 heteroatoms. The molecule has 1 fully saturated rings. The van der Waals surface area contributed by atoms with Crippen molar-refractivity contribution in [2.24, 2.45) is 0 Å². The summed E-state index contributed by atoms with van der Waals surface area (Å²) >= 11 is 0. The molecule has 2 aliphatic rings. The van der Waals surface area contributed by atoms with E-state index in [1.54, 1.807) is 12.4 Å². The van der Waals surface area contributed by atoms with E-state index in [4.69, 9.17) is 9.26 Å². The summed E-state index contributed by atoms with van der Waals surface area (Å²) in [5.74, 6) is 0.878. The molecule has 190 valence electrons. The normalized spacial score (nSPS) is 15.8. The van der Waals surface area contributed by atoms with Gasteiger partial charge in [0.1, 0.15) is 17.8 Å². The third kappa shape index (κ3) is 4.45. The molecule has 3 aromatic heterocycles. The topological polar surface area (TPSA) is 95.1 Å². The van der Waals surface area contributed by atoms with Crippen LogP contribution in [-0.4, -0.2) is 38.4 Å². The molecule has 1 aromatic carbocycles. The number of carbonyl (C=O) groups is 1. The average Bonchev–Trinajstić information content (AvgIpc) is 3.17. The fourth-order valence-electron chi connectivity index (χ4n) is 4.54. The molecule has 6 rings (SSSR count). The van der Waals surface area contributed by atoms with Crippen LogP contribution in [0.5, 0.6) is 5.88 Å². The first-order chi connectivity index (χ1) is 17.8. The molecule has 0 saturated heterocycles. The Kier molecular flexibility index (Phi) is 5.50. The number of anilines is 1. The van der Waals surface area contributed by atoms with Gasteiger partial charge in [-0.15, -0.1) is 0 Å². The molecule has 1 saturated carbocycles. The van der Waals surface area contributed by atoms with Gasteiger partial charge in [0.2, 0.25) is 5.91 Å². The van der Waals surface area contributed by atoms with Crippen LogP contribution in [-0.2, 0) is 29.6 Å². The number of nitrogens with one attached hydrogen (secondary N) is 1. The van der Waals surface area contributed by atoms with E-state index in [9.17, 15) is 18.0 Å². The maximum atomic E-state index is 13.2. The van der Waals surface area contributed by atoms with Gasteiger partial charge in [0, 0.05) is 42.2 Å². The van der Waals surface area contributed by atoms with Crippen LogP contribution in [0, 0.1) is 0 Å². The highest BCUT2D eigenvalue weighted by Crippen LogP contribution is 2.59. The number of amides is 1. The zero-order chi connectivity index (χ0) is 25.6.